The third kappa shape index (κ3) is 6.88. The van der Waals surface area contributed by atoms with Crippen LogP contribution < -0.4 is 5.32 Å². The Kier molecular flexibility index (Phi) is 8.43. The molecule has 10 heteroatoms. The quantitative estimate of drug-likeness (QED) is 0.465. The smallest absolute Gasteiger partial charge is 0.381 e. The lowest BCUT2D eigenvalue weighted by atomic mass is 9.66. The van der Waals surface area contributed by atoms with Crippen LogP contribution in [0.1, 0.15) is 68.3 Å². The molecule has 2 aliphatic rings. The van der Waals surface area contributed by atoms with Crippen LogP contribution in [0.4, 0.5) is 22.0 Å². The standard InChI is InChI=1S/C23H37F5N4O/c1-4-33-16-21(9-10-23(26,27)28)7-5-17(6-8-21)20-18(14-31(3)12-11-29-2)30-32-15-22(24,25)13-19(20)32/h17,29H,4-16H2,1-3H3/t17-,21-. The van der Waals surface area contributed by atoms with Gasteiger partial charge < -0.3 is 10.1 Å². The monoisotopic (exact) mass is 480 g/mol. The van der Waals surface area contributed by atoms with Gasteiger partial charge in [-0.1, -0.05) is 0 Å². The first-order chi connectivity index (χ1) is 15.5. The van der Waals surface area contributed by atoms with E-state index < -0.39 is 30.5 Å². The van der Waals surface area contributed by atoms with Crippen molar-refractivity contribution in [3.8, 4) is 0 Å². The first-order valence-electron chi connectivity index (χ1n) is 11.9. The van der Waals surface area contributed by atoms with E-state index in [0.29, 0.717) is 51.1 Å². The molecule has 0 aromatic carbocycles. The average Bonchev–Trinajstić information content (AvgIpc) is 3.20. The zero-order chi connectivity index (χ0) is 24.3. The van der Waals surface area contributed by atoms with Crippen LogP contribution in [0.15, 0.2) is 0 Å². The number of likely N-dealkylation sites (N-methyl/N-ethyl adjacent to an activating group) is 2. The SMILES string of the molecule is CCOC[C@]1(CCC(F)(F)F)CC[C@@H](c2c(CN(C)CCNC)nn3c2CC(F)(F)C3)CC1. The summed E-state index contributed by atoms with van der Waals surface area (Å²) in [5.41, 5.74) is 1.84. The molecule has 0 atom stereocenters. The maximum atomic E-state index is 14.2. The molecule has 0 unspecified atom stereocenters. The second-order valence-corrected chi connectivity index (χ2v) is 9.87. The number of rotatable bonds is 11. The largest absolute Gasteiger partial charge is 0.389 e. The molecule has 3 rings (SSSR count). The van der Waals surface area contributed by atoms with Gasteiger partial charge in [-0.15, -0.1) is 0 Å². The van der Waals surface area contributed by atoms with Crippen molar-refractivity contribution in [3.05, 3.63) is 17.0 Å². The van der Waals surface area contributed by atoms with E-state index in [-0.39, 0.29) is 18.8 Å². The highest BCUT2D eigenvalue weighted by Gasteiger charge is 2.45. The van der Waals surface area contributed by atoms with Gasteiger partial charge in [0, 0.05) is 43.9 Å². The lowest BCUT2D eigenvalue weighted by Gasteiger charge is -2.40. The van der Waals surface area contributed by atoms with E-state index in [9.17, 15) is 22.0 Å². The van der Waals surface area contributed by atoms with Crippen LogP contribution in [0.25, 0.3) is 0 Å². The molecule has 1 aromatic heterocycles. The van der Waals surface area contributed by atoms with E-state index in [0.717, 1.165) is 24.3 Å². The third-order valence-corrected chi connectivity index (χ3v) is 7.15. The number of hydrogen-bond donors (Lipinski definition) is 1. The van der Waals surface area contributed by atoms with E-state index in [2.05, 4.69) is 15.3 Å². The molecule has 1 saturated carbocycles. The number of hydrogen-bond acceptors (Lipinski definition) is 4. The zero-order valence-corrected chi connectivity index (χ0v) is 19.9. The minimum absolute atomic E-state index is 0.0380. The van der Waals surface area contributed by atoms with Crippen molar-refractivity contribution < 1.29 is 26.7 Å². The zero-order valence-electron chi connectivity index (χ0n) is 19.9. The number of fused-ring (bicyclic) bond motifs is 1. The highest BCUT2D eigenvalue weighted by Crippen LogP contribution is 2.49. The Bertz CT molecular complexity index is 772. The summed E-state index contributed by atoms with van der Waals surface area (Å²) in [6.45, 7) is 4.39. The topological polar surface area (TPSA) is 42.3 Å². The van der Waals surface area contributed by atoms with Crippen LogP contribution in [0, 0.1) is 5.41 Å². The number of halogens is 5. The van der Waals surface area contributed by atoms with E-state index in [1.54, 1.807) is 0 Å². The first-order valence-corrected chi connectivity index (χ1v) is 11.9. The summed E-state index contributed by atoms with van der Waals surface area (Å²) in [5, 5.41) is 7.67. The Morgan fingerprint density at radius 1 is 1.24 bits per heavy atom. The van der Waals surface area contributed by atoms with Gasteiger partial charge in [0.15, 0.2) is 0 Å². The van der Waals surface area contributed by atoms with E-state index >= 15 is 0 Å². The fraction of sp³-hybridized carbons (Fsp3) is 0.870. The Labute approximate surface area is 193 Å². The van der Waals surface area contributed by atoms with Crippen molar-refractivity contribution >= 4 is 0 Å². The Hall–Kier alpha value is -1.26. The average molecular weight is 481 g/mol. The van der Waals surface area contributed by atoms with Crippen molar-refractivity contribution in [1.29, 1.82) is 0 Å². The summed E-state index contributed by atoms with van der Waals surface area (Å²) >= 11 is 0. The molecule has 33 heavy (non-hydrogen) atoms. The maximum absolute atomic E-state index is 14.2. The molecule has 0 spiro atoms. The van der Waals surface area contributed by atoms with Crippen LogP contribution in [0.5, 0.6) is 0 Å². The van der Waals surface area contributed by atoms with E-state index in [1.165, 1.54) is 4.68 Å². The van der Waals surface area contributed by atoms with Gasteiger partial charge in [0.25, 0.3) is 5.92 Å². The van der Waals surface area contributed by atoms with E-state index in [1.807, 2.05) is 21.0 Å². The maximum Gasteiger partial charge on any atom is 0.389 e. The molecule has 0 amide bonds. The summed E-state index contributed by atoms with van der Waals surface area (Å²) in [4.78, 5) is 2.11. The fourth-order valence-corrected chi connectivity index (χ4v) is 5.34. The molecule has 1 aromatic rings. The van der Waals surface area contributed by atoms with Gasteiger partial charge >= 0.3 is 6.18 Å². The van der Waals surface area contributed by atoms with Gasteiger partial charge in [-0.3, -0.25) is 9.58 Å². The highest BCUT2D eigenvalue weighted by atomic mass is 19.4. The van der Waals surface area contributed by atoms with Crippen LogP contribution in [0.2, 0.25) is 0 Å². The van der Waals surface area contributed by atoms with Gasteiger partial charge in [0.1, 0.15) is 6.54 Å². The second kappa shape index (κ2) is 10.6. The minimum Gasteiger partial charge on any atom is -0.381 e. The van der Waals surface area contributed by atoms with Crippen molar-refractivity contribution in [2.75, 3.05) is 40.4 Å². The molecule has 190 valence electrons. The fourth-order valence-electron chi connectivity index (χ4n) is 5.34. The second-order valence-electron chi connectivity index (χ2n) is 9.87. The number of alkyl halides is 5. The summed E-state index contributed by atoms with van der Waals surface area (Å²) in [6, 6.07) is 0. The van der Waals surface area contributed by atoms with Gasteiger partial charge in [-0.05, 0) is 64.5 Å². The number of nitrogens with zero attached hydrogens (tertiary/aromatic N) is 3. The Balaban J connectivity index is 1.78. The van der Waals surface area contributed by atoms with Crippen molar-refractivity contribution in [2.24, 2.45) is 5.41 Å². The van der Waals surface area contributed by atoms with Gasteiger partial charge in [0.05, 0.1) is 18.7 Å². The number of ether oxygens (including phenoxy) is 1. The lowest BCUT2D eigenvalue weighted by molar-refractivity contribution is -0.145. The van der Waals surface area contributed by atoms with Crippen molar-refractivity contribution in [1.82, 2.24) is 20.0 Å². The Morgan fingerprint density at radius 3 is 2.55 bits per heavy atom. The van der Waals surface area contributed by atoms with Crippen LogP contribution in [-0.4, -0.2) is 67.2 Å². The predicted molar refractivity (Wildman–Crippen MR) is 117 cm³/mol. The molecular weight excluding hydrogens is 443 g/mol. The molecular formula is C23H37F5N4O. The lowest BCUT2D eigenvalue weighted by Crippen LogP contribution is -2.34. The molecule has 0 radical (unpaired) electrons. The molecule has 0 bridgehead atoms. The van der Waals surface area contributed by atoms with E-state index in [4.69, 9.17) is 4.74 Å². The molecule has 1 fully saturated rings. The molecule has 2 heterocycles. The number of aromatic nitrogens is 2. The van der Waals surface area contributed by atoms with Crippen LogP contribution >= 0.6 is 0 Å². The van der Waals surface area contributed by atoms with Crippen molar-refractivity contribution in [3.63, 3.8) is 0 Å². The van der Waals surface area contributed by atoms with Crippen molar-refractivity contribution in [2.45, 2.75) is 83.0 Å². The third-order valence-electron chi connectivity index (χ3n) is 7.15. The molecule has 5 nitrogen and oxygen atoms in total. The molecule has 1 aliphatic heterocycles. The normalized spacial score (nSPS) is 25.1. The van der Waals surface area contributed by atoms with Gasteiger partial charge in [-0.2, -0.15) is 18.3 Å². The first kappa shape index (κ1) is 26.3. The highest BCUT2D eigenvalue weighted by molar-refractivity contribution is 5.34. The van der Waals surface area contributed by atoms with Gasteiger partial charge in [-0.25, -0.2) is 8.78 Å². The molecule has 1 N–H and O–H groups in total. The summed E-state index contributed by atoms with van der Waals surface area (Å²) in [5.74, 6) is -2.76. The summed E-state index contributed by atoms with van der Waals surface area (Å²) < 4.78 is 74.2. The summed E-state index contributed by atoms with van der Waals surface area (Å²) in [7, 11) is 3.85. The Morgan fingerprint density at radius 2 is 1.94 bits per heavy atom. The molecule has 0 saturated heterocycles. The summed E-state index contributed by atoms with van der Waals surface area (Å²) in [6.07, 6.45) is -2.74. The van der Waals surface area contributed by atoms with Gasteiger partial charge in [0.2, 0.25) is 0 Å². The van der Waals surface area contributed by atoms with Crippen LogP contribution in [-0.2, 0) is 24.2 Å². The predicted octanol–water partition coefficient (Wildman–Crippen LogP) is 4.75. The van der Waals surface area contributed by atoms with Crippen LogP contribution in [0.3, 0.4) is 0 Å². The minimum atomic E-state index is -4.19. The molecule has 1 aliphatic carbocycles. The number of nitrogens with one attached hydrogen (secondary N) is 1.